The number of nitrogens with zero attached hydrogens (tertiary/aromatic N) is 2. The molecule has 2 aromatic heterocycles. The highest BCUT2D eigenvalue weighted by molar-refractivity contribution is 7.13. The molecule has 0 saturated carbocycles. The van der Waals surface area contributed by atoms with E-state index in [1.54, 1.807) is 12.3 Å². The minimum absolute atomic E-state index is 0.00299. The first-order chi connectivity index (χ1) is 14.6. The summed E-state index contributed by atoms with van der Waals surface area (Å²) in [7, 11) is 1.40. The number of halogens is 4. The number of aromatic nitrogens is 2. The third-order valence-electron chi connectivity index (χ3n) is 3.96. The molecular weight excluding hydrogens is 438 g/mol. The quantitative estimate of drug-likeness (QED) is 0.499. The Balaban J connectivity index is 1.97. The molecule has 0 unspecified atom stereocenters. The van der Waals surface area contributed by atoms with Gasteiger partial charge in [-0.05, 0) is 31.2 Å². The molecule has 3 rings (SSSR count). The summed E-state index contributed by atoms with van der Waals surface area (Å²) >= 11 is 1.26. The Hall–Kier alpha value is -3.54. The van der Waals surface area contributed by atoms with Crippen LogP contribution in [0.3, 0.4) is 0 Å². The Morgan fingerprint density at radius 1 is 1.06 bits per heavy atom. The van der Waals surface area contributed by atoms with Crippen LogP contribution >= 0.6 is 11.3 Å². The van der Waals surface area contributed by atoms with Gasteiger partial charge in [0.05, 0.1) is 22.5 Å². The van der Waals surface area contributed by atoms with Crippen LogP contribution < -0.4 is 16.0 Å². The first-order valence-electron chi connectivity index (χ1n) is 8.67. The zero-order valence-electron chi connectivity index (χ0n) is 16.1. The van der Waals surface area contributed by atoms with Crippen molar-refractivity contribution in [1.29, 1.82) is 0 Å². The van der Waals surface area contributed by atoms with Crippen LogP contribution in [-0.2, 0) is 6.18 Å². The lowest BCUT2D eigenvalue weighted by molar-refractivity contribution is -0.137. The maximum Gasteiger partial charge on any atom is 0.416 e. The fourth-order valence-electron chi connectivity index (χ4n) is 2.52. The Bertz CT molecular complexity index is 1150. The van der Waals surface area contributed by atoms with Gasteiger partial charge < -0.3 is 16.0 Å². The molecule has 3 N–H and O–H groups in total. The molecule has 0 fully saturated rings. The summed E-state index contributed by atoms with van der Waals surface area (Å²) < 4.78 is 52.6. The van der Waals surface area contributed by atoms with E-state index in [9.17, 15) is 27.2 Å². The summed E-state index contributed by atoms with van der Waals surface area (Å²) in [6.45, 7) is 1.77. The molecular formula is C19H15F4N5O2S. The molecule has 0 aliphatic rings. The van der Waals surface area contributed by atoms with E-state index in [-0.39, 0.29) is 17.1 Å². The summed E-state index contributed by atoms with van der Waals surface area (Å²) in [5, 5.41) is 9.87. The minimum atomic E-state index is -4.83. The van der Waals surface area contributed by atoms with E-state index in [0.29, 0.717) is 23.3 Å². The van der Waals surface area contributed by atoms with Gasteiger partial charge in [0.15, 0.2) is 10.9 Å². The van der Waals surface area contributed by atoms with Crippen LogP contribution in [0.15, 0.2) is 35.8 Å². The molecule has 12 heteroatoms. The molecule has 2 heterocycles. The zero-order chi connectivity index (χ0) is 22.8. The Kier molecular flexibility index (Phi) is 6.20. The van der Waals surface area contributed by atoms with Crippen LogP contribution in [-0.4, -0.2) is 28.8 Å². The molecule has 0 bridgehead atoms. The van der Waals surface area contributed by atoms with Gasteiger partial charge >= 0.3 is 6.18 Å². The first-order valence-corrected chi connectivity index (χ1v) is 9.55. The van der Waals surface area contributed by atoms with Gasteiger partial charge in [-0.15, -0.1) is 11.3 Å². The number of anilines is 3. The highest BCUT2D eigenvalue weighted by atomic mass is 32.1. The topological polar surface area (TPSA) is 96.0 Å². The molecule has 3 aromatic rings. The van der Waals surface area contributed by atoms with Crippen LogP contribution in [0, 0.1) is 12.7 Å². The second-order valence-electron chi connectivity index (χ2n) is 6.30. The van der Waals surface area contributed by atoms with E-state index in [4.69, 9.17) is 0 Å². The summed E-state index contributed by atoms with van der Waals surface area (Å²) in [6, 6.07) is 2.79. The van der Waals surface area contributed by atoms with Crippen LogP contribution in [0.25, 0.3) is 0 Å². The maximum absolute atomic E-state index is 13.7. The van der Waals surface area contributed by atoms with Gasteiger partial charge in [0.25, 0.3) is 11.8 Å². The van der Waals surface area contributed by atoms with E-state index in [1.165, 1.54) is 30.6 Å². The maximum atomic E-state index is 13.7. The van der Waals surface area contributed by atoms with E-state index in [1.807, 2.05) is 0 Å². The number of pyridine rings is 1. The molecule has 0 aliphatic carbocycles. The predicted molar refractivity (Wildman–Crippen MR) is 107 cm³/mol. The highest BCUT2D eigenvalue weighted by Crippen LogP contribution is 2.31. The standard InChI is InChI=1S/C19H15F4N5O2S/c1-9-8-31-18(26-9)28-15-14(5-11(7-25-15)16(29)24-2)27-17(30)10-3-12(19(21,22)23)6-13(20)4-10/h3-8H,1-2H3,(H,24,29)(H,27,30)(H,25,26,28). The number of hydrogen-bond acceptors (Lipinski definition) is 6. The molecule has 1 aromatic carbocycles. The van der Waals surface area contributed by atoms with E-state index in [2.05, 4.69) is 25.9 Å². The summed E-state index contributed by atoms with van der Waals surface area (Å²) in [4.78, 5) is 32.8. The first kappa shape index (κ1) is 22.2. The van der Waals surface area contributed by atoms with Crippen molar-refractivity contribution in [3.8, 4) is 0 Å². The summed E-state index contributed by atoms with van der Waals surface area (Å²) in [6.07, 6.45) is -3.57. The number of aryl methyl sites for hydroxylation is 1. The third kappa shape index (κ3) is 5.34. The average molecular weight is 453 g/mol. The molecule has 0 spiro atoms. The van der Waals surface area contributed by atoms with Crippen LogP contribution in [0.5, 0.6) is 0 Å². The largest absolute Gasteiger partial charge is 0.416 e. The van der Waals surface area contributed by atoms with Gasteiger partial charge in [-0.3, -0.25) is 9.59 Å². The summed E-state index contributed by atoms with van der Waals surface area (Å²) in [5.74, 6) is -2.62. The SMILES string of the molecule is CNC(=O)c1cnc(Nc2nc(C)cs2)c(NC(=O)c2cc(F)cc(C(F)(F)F)c2)c1. The van der Waals surface area contributed by atoms with Crippen molar-refractivity contribution in [3.63, 3.8) is 0 Å². The highest BCUT2D eigenvalue weighted by Gasteiger charge is 2.32. The second-order valence-corrected chi connectivity index (χ2v) is 7.16. The fraction of sp³-hybridized carbons (Fsp3) is 0.158. The number of carbonyl (C=O) groups is 2. The number of hydrogen-bond donors (Lipinski definition) is 3. The third-order valence-corrected chi connectivity index (χ3v) is 4.83. The molecule has 162 valence electrons. The van der Waals surface area contributed by atoms with Crippen molar-refractivity contribution >= 4 is 39.8 Å². The molecule has 0 saturated heterocycles. The van der Waals surface area contributed by atoms with Crippen molar-refractivity contribution in [3.05, 3.63) is 64.0 Å². The van der Waals surface area contributed by atoms with Gasteiger partial charge in [0.2, 0.25) is 0 Å². The second kappa shape index (κ2) is 8.68. The number of nitrogens with one attached hydrogen (secondary N) is 3. The molecule has 0 radical (unpaired) electrons. The fourth-order valence-corrected chi connectivity index (χ4v) is 3.21. The number of carbonyl (C=O) groups excluding carboxylic acids is 2. The molecule has 0 aliphatic heterocycles. The van der Waals surface area contributed by atoms with Gasteiger partial charge in [-0.2, -0.15) is 13.2 Å². The van der Waals surface area contributed by atoms with Crippen molar-refractivity contribution in [2.24, 2.45) is 0 Å². The minimum Gasteiger partial charge on any atom is -0.355 e. The van der Waals surface area contributed by atoms with Gasteiger partial charge in [0, 0.05) is 24.2 Å². The lowest BCUT2D eigenvalue weighted by atomic mass is 10.1. The van der Waals surface area contributed by atoms with Gasteiger partial charge in [0.1, 0.15) is 5.82 Å². The molecule has 0 atom stereocenters. The normalized spacial score (nSPS) is 11.2. The number of amides is 2. The molecule has 31 heavy (non-hydrogen) atoms. The van der Waals surface area contributed by atoms with Crippen LogP contribution in [0.1, 0.15) is 32.0 Å². The van der Waals surface area contributed by atoms with E-state index < -0.39 is 34.9 Å². The van der Waals surface area contributed by atoms with E-state index in [0.717, 1.165) is 5.69 Å². The van der Waals surface area contributed by atoms with Crippen molar-refractivity contribution in [2.45, 2.75) is 13.1 Å². The van der Waals surface area contributed by atoms with Crippen LogP contribution in [0.2, 0.25) is 0 Å². The lowest BCUT2D eigenvalue weighted by Crippen LogP contribution is -2.20. The lowest BCUT2D eigenvalue weighted by Gasteiger charge is -2.13. The monoisotopic (exact) mass is 453 g/mol. The van der Waals surface area contributed by atoms with Gasteiger partial charge in [-0.1, -0.05) is 0 Å². The Morgan fingerprint density at radius 2 is 1.81 bits per heavy atom. The van der Waals surface area contributed by atoms with Gasteiger partial charge in [-0.25, -0.2) is 14.4 Å². The van der Waals surface area contributed by atoms with Crippen LogP contribution in [0.4, 0.5) is 34.2 Å². The molecule has 7 nitrogen and oxygen atoms in total. The van der Waals surface area contributed by atoms with Crippen molar-refractivity contribution in [2.75, 3.05) is 17.7 Å². The smallest absolute Gasteiger partial charge is 0.355 e. The Morgan fingerprint density at radius 3 is 2.42 bits per heavy atom. The number of rotatable bonds is 5. The Labute approximate surface area is 177 Å². The van der Waals surface area contributed by atoms with Crippen molar-refractivity contribution < 1.29 is 27.2 Å². The van der Waals surface area contributed by atoms with Crippen molar-refractivity contribution in [1.82, 2.24) is 15.3 Å². The number of alkyl halides is 3. The number of benzene rings is 1. The summed E-state index contributed by atoms with van der Waals surface area (Å²) in [5.41, 5.74) is -1.02. The predicted octanol–water partition coefficient (Wildman–Crippen LogP) is 4.36. The zero-order valence-corrected chi connectivity index (χ0v) is 16.9. The number of thiazole rings is 1. The van der Waals surface area contributed by atoms with E-state index >= 15 is 0 Å². The average Bonchev–Trinajstić information content (AvgIpc) is 3.12. The molecule has 2 amide bonds.